The summed E-state index contributed by atoms with van der Waals surface area (Å²) < 4.78 is 56.7. The number of nitrogens with one attached hydrogen (secondary N) is 3. The number of Topliss-reactive ketones (excluding diaryl/α,β-unsaturated/α-hetero) is 1. The molecule has 0 bridgehead atoms. The molecule has 2 unspecified atom stereocenters. The number of halogens is 4. The first-order chi connectivity index (χ1) is 14.8. The van der Waals surface area contributed by atoms with E-state index >= 15 is 0 Å². The molecule has 0 aliphatic carbocycles. The first kappa shape index (κ1) is 20.3. The number of carbonyl (C=O) groups excluding carboxylic acids is 2. The van der Waals surface area contributed by atoms with E-state index in [1.807, 2.05) is 5.32 Å². The van der Waals surface area contributed by atoms with Crippen LogP contribution in [0.2, 0.25) is 0 Å². The zero-order chi connectivity index (χ0) is 22.1. The summed E-state index contributed by atoms with van der Waals surface area (Å²) in [5, 5.41) is 7.99. The van der Waals surface area contributed by atoms with Crippen LogP contribution in [0.3, 0.4) is 0 Å². The normalized spacial score (nSPS) is 18.8. The monoisotopic (exact) mass is 431 g/mol. The minimum Gasteiger partial charge on any atom is -0.308 e. The Morgan fingerprint density at radius 2 is 1.84 bits per heavy atom. The third-order valence-corrected chi connectivity index (χ3v) is 4.57. The largest absolute Gasteiger partial charge is 0.323 e. The molecule has 2 heterocycles. The van der Waals surface area contributed by atoms with Crippen molar-refractivity contribution in [1.82, 2.24) is 5.43 Å². The van der Waals surface area contributed by atoms with Gasteiger partial charge in [0.15, 0.2) is 17.5 Å². The first-order valence-electron chi connectivity index (χ1n) is 8.94. The van der Waals surface area contributed by atoms with E-state index in [4.69, 9.17) is 0 Å². The number of fused-ring (bicyclic) bond motifs is 1. The van der Waals surface area contributed by atoms with E-state index in [1.54, 1.807) is 12.2 Å². The summed E-state index contributed by atoms with van der Waals surface area (Å²) in [6.45, 7) is 0. The molecule has 0 fully saturated rings. The highest BCUT2D eigenvalue weighted by molar-refractivity contribution is 6.47. The Balaban J connectivity index is 1.61. The fourth-order valence-corrected chi connectivity index (χ4v) is 3.15. The first-order valence-corrected chi connectivity index (χ1v) is 8.94. The summed E-state index contributed by atoms with van der Waals surface area (Å²) in [5.41, 5.74) is 0.363. The van der Waals surface area contributed by atoms with Crippen molar-refractivity contribution in [3.63, 3.8) is 0 Å². The smallest absolute Gasteiger partial charge is 0.308 e. The minimum absolute atomic E-state index is 0.0406. The number of rotatable bonds is 4. The highest BCUT2D eigenvalue weighted by Crippen LogP contribution is 2.28. The van der Waals surface area contributed by atoms with Crippen molar-refractivity contribution in [2.45, 2.75) is 6.17 Å². The molecule has 7 nitrogen and oxygen atoms in total. The number of hydrogen-bond acceptors (Lipinski definition) is 5. The molecular weight excluding hydrogens is 418 g/mol. The number of amides is 2. The Morgan fingerprint density at radius 1 is 1.03 bits per heavy atom. The fraction of sp³-hybridized carbons (Fsp3) is 0.100. The van der Waals surface area contributed by atoms with Crippen LogP contribution in [0.15, 0.2) is 52.6 Å². The third kappa shape index (κ3) is 3.89. The molecule has 0 aromatic heterocycles. The zero-order valence-corrected chi connectivity index (χ0v) is 15.5. The molecule has 31 heavy (non-hydrogen) atoms. The van der Waals surface area contributed by atoms with Crippen LogP contribution in [0.1, 0.15) is 10.4 Å². The summed E-state index contributed by atoms with van der Waals surface area (Å²) in [6.07, 6.45) is 3.96. The number of allylic oxidation sites excluding steroid dienone is 1. The molecule has 11 heteroatoms. The molecule has 2 amide bonds. The van der Waals surface area contributed by atoms with Gasteiger partial charge in [0.25, 0.3) is 0 Å². The van der Waals surface area contributed by atoms with Crippen LogP contribution in [-0.4, -0.2) is 29.9 Å². The summed E-state index contributed by atoms with van der Waals surface area (Å²) in [7, 11) is 0. The lowest BCUT2D eigenvalue weighted by atomic mass is 9.92. The molecule has 0 saturated heterocycles. The topological polar surface area (TPSA) is 95.0 Å². The highest BCUT2D eigenvalue weighted by atomic mass is 19.2. The van der Waals surface area contributed by atoms with Gasteiger partial charge in [0.05, 0.1) is 11.6 Å². The van der Waals surface area contributed by atoms with E-state index in [2.05, 4.69) is 20.8 Å². The molecule has 4 rings (SSSR count). The van der Waals surface area contributed by atoms with Crippen molar-refractivity contribution in [3.05, 3.63) is 71.3 Å². The van der Waals surface area contributed by atoms with Gasteiger partial charge >= 0.3 is 6.03 Å². The third-order valence-electron chi connectivity index (χ3n) is 4.57. The molecule has 2 aliphatic heterocycles. The average molecular weight is 431 g/mol. The van der Waals surface area contributed by atoms with Crippen LogP contribution in [0.25, 0.3) is 0 Å². The Bertz CT molecular complexity index is 1180. The Kier molecular flexibility index (Phi) is 5.24. The van der Waals surface area contributed by atoms with Crippen LogP contribution < -0.4 is 16.1 Å². The van der Waals surface area contributed by atoms with Crippen LogP contribution >= 0.6 is 0 Å². The van der Waals surface area contributed by atoms with Gasteiger partial charge in [-0.1, -0.05) is 12.1 Å². The molecule has 2 aliphatic rings. The van der Waals surface area contributed by atoms with Gasteiger partial charge in [-0.05, 0) is 24.3 Å². The van der Waals surface area contributed by atoms with Crippen molar-refractivity contribution in [2.24, 2.45) is 16.0 Å². The van der Waals surface area contributed by atoms with Crippen molar-refractivity contribution in [1.29, 1.82) is 0 Å². The quantitative estimate of drug-likeness (QED) is 0.392. The van der Waals surface area contributed by atoms with Gasteiger partial charge < -0.3 is 10.6 Å². The standard InChI is InChI=1S/C20H13F4N5O2/c21-9-3-1-4-10(7-9)26-20(31)27-13-8-12(22)15(23)14(16(13)24)18(30)17-11-5-2-6-25-19(11)29-28-17/h1-8,11,19,29H,(H2,26,27,31). The maximum Gasteiger partial charge on any atom is 0.323 e. The lowest BCUT2D eigenvalue weighted by molar-refractivity contribution is 0.105. The van der Waals surface area contributed by atoms with Gasteiger partial charge in [-0.15, -0.1) is 0 Å². The lowest BCUT2D eigenvalue weighted by Gasteiger charge is -2.16. The molecule has 2 aromatic rings. The number of hydrazone groups is 1. The number of benzene rings is 2. The van der Waals surface area contributed by atoms with Crippen LogP contribution in [-0.2, 0) is 0 Å². The van der Waals surface area contributed by atoms with E-state index in [1.165, 1.54) is 18.3 Å². The minimum atomic E-state index is -1.71. The van der Waals surface area contributed by atoms with E-state index in [9.17, 15) is 27.2 Å². The molecule has 2 atom stereocenters. The Morgan fingerprint density at radius 3 is 2.61 bits per heavy atom. The fourth-order valence-electron chi connectivity index (χ4n) is 3.15. The van der Waals surface area contributed by atoms with Crippen LogP contribution in [0.4, 0.5) is 33.7 Å². The second-order valence-electron chi connectivity index (χ2n) is 6.61. The zero-order valence-electron chi connectivity index (χ0n) is 15.5. The predicted octanol–water partition coefficient (Wildman–Crippen LogP) is 3.61. The second kappa shape index (κ2) is 8.01. The second-order valence-corrected chi connectivity index (χ2v) is 6.61. The van der Waals surface area contributed by atoms with Gasteiger partial charge in [-0.25, -0.2) is 22.4 Å². The van der Waals surface area contributed by atoms with E-state index in [0.717, 1.165) is 12.1 Å². The van der Waals surface area contributed by atoms with Crippen LogP contribution in [0, 0.1) is 29.2 Å². The molecule has 0 spiro atoms. The summed E-state index contributed by atoms with van der Waals surface area (Å²) >= 11 is 0. The number of ketones is 1. The Hall–Kier alpha value is -4.02. The number of urea groups is 1. The maximum atomic E-state index is 15.0. The van der Waals surface area contributed by atoms with E-state index < -0.39 is 58.4 Å². The number of hydrogen-bond donors (Lipinski definition) is 3. The van der Waals surface area contributed by atoms with Crippen LogP contribution in [0.5, 0.6) is 0 Å². The summed E-state index contributed by atoms with van der Waals surface area (Å²) in [5.74, 6) is -7.25. The maximum absolute atomic E-state index is 15.0. The van der Waals surface area contributed by atoms with Crippen molar-refractivity contribution in [2.75, 3.05) is 10.6 Å². The van der Waals surface area contributed by atoms with Crippen molar-refractivity contribution >= 4 is 35.1 Å². The molecule has 0 radical (unpaired) electrons. The van der Waals surface area contributed by atoms with Gasteiger partial charge in [0.1, 0.15) is 23.3 Å². The number of nitrogens with zero attached hydrogens (tertiary/aromatic N) is 2. The number of carbonyl (C=O) groups is 2. The lowest BCUT2D eigenvalue weighted by Crippen LogP contribution is -2.32. The van der Waals surface area contributed by atoms with Gasteiger partial charge in [0.2, 0.25) is 5.78 Å². The number of dihydropyridines is 1. The molecule has 158 valence electrons. The molecule has 0 saturated carbocycles. The highest BCUT2D eigenvalue weighted by Gasteiger charge is 2.38. The number of aliphatic imine (C=N–C) groups is 1. The summed E-state index contributed by atoms with van der Waals surface area (Å²) in [6, 6.07) is 4.17. The van der Waals surface area contributed by atoms with Gasteiger partial charge in [-0.2, -0.15) is 5.10 Å². The van der Waals surface area contributed by atoms with Crippen molar-refractivity contribution in [3.8, 4) is 0 Å². The van der Waals surface area contributed by atoms with Crippen molar-refractivity contribution < 1.29 is 27.2 Å². The molecular formula is C20H13F4N5O2. The van der Waals surface area contributed by atoms with Gasteiger partial charge in [0, 0.05) is 18.0 Å². The molecule has 2 aromatic carbocycles. The SMILES string of the molecule is O=C(Nc1cccc(F)c1)Nc1cc(F)c(F)c(C(=O)C2=NNC3N=CC=CC23)c1F. The molecule has 3 N–H and O–H groups in total. The number of anilines is 2. The Labute approximate surface area is 172 Å². The van der Waals surface area contributed by atoms with E-state index in [-0.39, 0.29) is 11.4 Å². The predicted molar refractivity (Wildman–Crippen MR) is 105 cm³/mol. The summed E-state index contributed by atoms with van der Waals surface area (Å²) in [4.78, 5) is 28.9. The van der Waals surface area contributed by atoms with Gasteiger partial charge in [-0.3, -0.25) is 15.2 Å². The van der Waals surface area contributed by atoms with E-state index in [0.29, 0.717) is 6.07 Å². The average Bonchev–Trinajstić information content (AvgIpc) is 3.16.